The third-order valence-corrected chi connectivity index (χ3v) is 3.93. The highest BCUT2D eigenvalue weighted by Gasteiger charge is 2.23. The first-order chi connectivity index (χ1) is 8.15. The molecule has 1 aliphatic heterocycles. The van der Waals surface area contributed by atoms with E-state index in [9.17, 15) is 9.00 Å². The molecule has 2 aromatic rings. The molecule has 0 fully saturated rings. The van der Waals surface area contributed by atoms with Gasteiger partial charge in [0.05, 0.1) is 11.7 Å². The normalized spacial score (nSPS) is 19.5. The molecule has 1 aromatic heterocycles. The Bertz CT molecular complexity index is 692. The van der Waals surface area contributed by atoms with Crippen molar-refractivity contribution in [1.29, 1.82) is 0 Å². The number of hydrogen-bond donors (Lipinski definition) is 1. The zero-order chi connectivity index (χ0) is 12.0. The topological polar surface area (TPSA) is 64.0 Å². The van der Waals surface area contributed by atoms with Crippen LogP contribution in [0.1, 0.15) is 0 Å². The summed E-state index contributed by atoms with van der Waals surface area (Å²) in [6.07, 6.45) is 2.96. The van der Waals surface area contributed by atoms with Gasteiger partial charge in [-0.1, -0.05) is 22.0 Å². The standard InChI is InChI=1S/C10H6BrN3O2S/c11-7-2-1-6-5-12-14(8(6)3-7)10-4-9(15)13-17(10)16/h1-5H,(H,13,15). The van der Waals surface area contributed by atoms with Crippen molar-refractivity contribution in [2.45, 2.75) is 0 Å². The van der Waals surface area contributed by atoms with E-state index in [4.69, 9.17) is 0 Å². The lowest BCUT2D eigenvalue weighted by Gasteiger charge is -2.02. The molecule has 0 saturated heterocycles. The minimum Gasteiger partial charge on any atom is -0.269 e. The summed E-state index contributed by atoms with van der Waals surface area (Å²) in [5, 5.41) is 5.42. The fraction of sp³-hybridized carbons (Fsp3) is 0. The van der Waals surface area contributed by atoms with E-state index in [1.54, 1.807) is 6.20 Å². The lowest BCUT2D eigenvalue weighted by Crippen LogP contribution is -2.17. The molecule has 1 atom stereocenters. The molecular formula is C10H6BrN3O2S. The summed E-state index contributed by atoms with van der Waals surface area (Å²) in [5.74, 6) is -0.364. The van der Waals surface area contributed by atoms with Crippen molar-refractivity contribution in [3.05, 3.63) is 34.9 Å². The third-order valence-electron chi connectivity index (χ3n) is 2.38. The summed E-state index contributed by atoms with van der Waals surface area (Å²) in [6, 6.07) is 5.66. The predicted octanol–water partition coefficient (Wildman–Crippen LogP) is 1.39. The van der Waals surface area contributed by atoms with Crippen LogP contribution < -0.4 is 4.72 Å². The van der Waals surface area contributed by atoms with Crippen molar-refractivity contribution in [2.75, 3.05) is 0 Å². The van der Waals surface area contributed by atoms with E-state index < -0.39 is 11.0 Å². The first-order valence-corrected chi connectivity index (χ1v) is 6.67. The molecule has 86 valence electrons. The molecule has 1 aromatic carbocycles. The van der Waals surface area contributed by atoms with Gasteiger partial charge in [0.25, 0.3) is 5.91 Å². The predicted molar refractivity (Wildman–Crippen MR) is 68.0 cm³/mol. The fourth-order valence-electron chi connectivity index (χ4n) is 1.65. The summed E-state index contributed by atoms with van der Waals surface area (Å²) < 4.78 is 16.4. The Hall–Kier alpha value is -1.47. The van der Waals surface area contributed by atoms with Gasteiger partial charge < -0.3 is 0 Å². The van der Waals surface area contributed by atoms with Crippen LogP contribution in [0.3, 0.4) is 0 Å². The van der Waals surface area contributed by atoms with E-state index in [1.165, 1.54) is 10.8 Å². The van der Waals surface area contributed by atoms with Crippen LogP contribution in [-0.4, -0.2) is 19.9 Å². The molecule has 1 amide bonds. The lowest BCUT2D eigenvalue weighted by molar-refractivity contribution is -0.114. The zero-order valence-electron chi connectivity index (χ0n) is 8.38. The van der Waals surface area contributed by atoms with Gasteiger partial charge in [0.1, 0.15) is 0 Å². The second-order valence-electron chi connectivity index (χ2n) is 3.48. The van der Waals surface area contributed by atoms with Crippen LogP contribution in [0.5, 0.6) is 0 Å². The zero-order valence-corrected chi connectivity index (χ0v) is 10.8. The molecule has 1 unspecified atom stereocenters. The average molecular weight is 312 g/mol. The van der Waals surface area contributed by atoms with E-state index in [0.29, 0.717) is 5.03 Å². The van der Waals surface area contributed by atoms with Gasteiger partial charge in [-0.3, -0.25) is 9.52 Å². The highest BCUT2D eigenvalue weighted by Crippen LogP contribution is 2.24. The van der Waals surface area contributed by atoms with E-state index in [-0.39, 0.29) is 5.91 Å². The smallest absolute Gasteiger partial charge is 0.258 e. The number of carbonyl (C=O) groups excluding carboxylic acids is 1. The number of carbonyl (C=O) groups is 1. The molecule has 0 spiro atoms. The van der Waals surface area contributed by atoms with Gasteiger partial charge >= 0.3 is 0 Å². The molecule has 5 nitrogen and oxygen atoms in total. The highest BCUT2D eigenvalue weighted by molar-refractivity contribution is 9.10. The molecule has 0 bridgehead atoms. The summed E-state index contributed by atoms with van der Waals surface area (Å²) in [4.78, 5) is 11.1. The van der Waals surface area contributed by atoms with Crippen LogP contribution in [0.25, 0.3) is 15.9 Å². The van der Waals surface area contributed by atoms with Gasteiger partial charge in [-0.2, -0.15) is 5.10 Å². The molecule has 0 aliphatic carbocycles. The van der Waals surface area contributed by atoms with Crippen LogP contribution in [0.15, 0.2) is 34.9 Å². The Balaban J connectivity index is 2.25. The molecule has 1 N–H and O–H groups in total. The van der Waals surface area contributed by atoms with Gasteiger partial charge in [-0.05, 0) is 12.1 Å². The summed E-state index contributed by atoms with van der Waals surface area (Å²) in [5.41, 5.74) is 0.801. The van der Waals surface area contributed by atoms with E-state index in [1.807, 2.05) is 18.2 Å². The van der Waals surface area contributed by atoms with Gasteiger partial charge in [-0.25, -0.2) is 8.89 Å². The van der Waals surface area contributed by atoms with Gasteiger partial charge in [-0.15, -0.1) is 0 Å². The number of hydrogen-bond acceptors (Lipinski definition) is 3. The molecule has 0 saturated carbocycles. The van der Waals surface area contributed by atoms with E-state index in [0.717, 1.165) is 15.4 Å². The molecule has 2 heterocycles. The highest BCUT2D eigenvalue weighted by atomic mass is 79.9. The first kappa shape index (κ1) is 10.7. The third kappa shape index (κ3) is 1.71. The van der Waals surface area contributed by atoms with Crippen molar-refractivity contribution in [2.24, 2.45) is 0 Å². The second kappa shape index (κ2) is 3.78. The monoisotopic (exact) mass is 311 g/mol. The second-order valence-corrected chi connectivity index (χ2v) is 5.55. The van der Waals surface area contributed by atoms with E-state index in [2.05, 4.69) is 25.8 Å². The number of amides is 1. The van der Waals surface area contributed by atoms with Crippen LogP contribution in [-0.2, 0) is 15.8 Å². The largest absolute Gasteiger partial charge is 0.269 e. The molecule has 0 radical (unpaired) electrons. The van der Waals surface area contributed by atoms with Crippen LogP contribution in [0, 0.1) is 0 Å². The van der Waals surface area contributed by atoms with Crippen molar-refractivity contribution < 1.29 is 9.00 Å². The summed E-state index contributed by atoms with van der Waals surface area (Å²) >= 11 is 3.37. The molecule has 17 heavy (non-hydrogen) atoms. The van der Waals surface area contributed by atoms with E-state index >= 15 is 0 Å². The number of fused-ring (bicyclic) bond motifs is 1. The molecule has 3 rings (SSSR count). The molecular weight excluding hydrogens is 306 g/mol. The Morgan fingerprint density at radius 1 is 1.41 bits per heavy atom. The van der Waals surface area contributed by atoms with Gasteiger partial charge in [0, 0.05) is 15.9 Å². The maximum atomic E-state index is 11.7. The van der Waals surface area contributed by atoms with Crippen molar-refractivity contribution in [3.63, 3.8) is 0 Å². The summed E-state index contributed by atoms with van der Waals surface area (Å²) in [7, 11) is -1.54. The first-order valence-electron chi connectivity index (χ1n) is 4.73. The van der Waals surface area contributed by atoms with Crippen molar-refractivity contribution in [1.82, 2.24) is 14.5 Å². The number of rotatable bonds is 1. The molecule has 1 aliphatic rings. The Morgan fingerprint density at radius 3 is 2.94 bits per heavy atom. The van der Waals surface area contributed by atoms with Gasteiger partial charge in [0.15, 0.2) is 16.0 Å². The minimum absolute atomic E-state index is 0.350. The Morgan fingerprint density at radius 2 is 2.24 bits per heavy atom. The molecule has 7 heteroatoms. The van der Waals surface area contributed by atoms with Gasteiger partial charge in [0.2, 0.25) is 0 Å². The number of aromatic nitrogens is 2. The quantitative estimate of drug-likeness (QED) is 0.865. The van der Waals surface area contributed by atoms with Crippen LogP contribution >= 0.6 is 15.9 Å². The maximum Gasteiger partial charge on any atom is 0.258 e. The maximum absolute atomic E-state index is 11.7. The number of nitrogens with one attached hydrogen (secondary N) is 1. The minimum atomic E-state index is -1.54. The Kier molecular flexibility index (Phi) is 2.37. The Labute approximate surface area is 107 Å². The number of halogens is 1. The SMILES string of the molecule is O=C1C=C(n2ncc3ccc(Br)cc32)S(=O)N1. The van der Waals surface area contributed by atoms with Crippen molar-refractivity contribution >= 4 is 48.8 Å². The average Bonchev–Trinajstić information content (AvgIpc) is 2.81. The summed E-state index contributed by atoms with van der Waals surface area (Å²) in [6.45, 7) is 0. The van der Waals surface area contributed by atoms with Crippen molar-refractivity contribution in [3.8, 4) is 0 Å². The number of nitrogens with zero attached hydrogens (tertiary/aromatic N) is 2. The number of benzene rings is 1. The van der Waals surface area contributed by atoms with Crippen LogP contribution in [0.4, 0.5) is 0 Å². The fourth-order valence-corrected chi connectivity index (χ4v) is 2.86. The van der Waals surface area contributed by atoms with Crippen LogP contribution in [0.2, 0.25) is 0 Å². The lowest BCUT2D eigenvalue weighted by atomic mass is 10.3.